The summed E-state index contributed by atoms with van der Waals surface area (Å²) in [6.07, 6.45) is 3.91. The van der Waals surface area contributed by atoms with Gasteiger partial charge >= 0.3 is 6.03 Å². The fourth-order valence-corrected chi connectivity index (χ4v) is 4.06. The Morgan fingerprint density at radius 3 is 2.07 bits per heavy atom. The highest BCUT2D eigenvalue weighted by Gasteiger charge is 2.21. The van der Waals surface area contributed by atoms with Crippen molar-refractivity contribution in [3.05, 3.63) is 54.1 Å². The van der Waals surface area contributed by atoms with E-state index >= 15 is 0 Å². The van der Waals surface area contributed by atoms with Crippen LogP contribution in [0.3, 0.4) is 0 Å². The molecule has 4 rings (SSSR count). The predicted octanol–water partition coefficient (Wildman–Crippen LogP) is 3.90. The van der Waals surface area contributed by atoms with E-state index in [-0.39, 0.29) is 6.03 Å². The number of hydrogen-bond acceptors (Lipinski definition) is 4. The van der Waals surface area contributed by atoms with Crippen LogP contribution in [0.2, 0.25) is 0 Å². The molecular formula is C23H27N5O. The molecule has 0 radical (unpaired) electrons. The maximum Gasteiger partial charge on any atom is 0.321 e. The number of rotatable bonds is 3. The van der Waals surface area contributed by atoms with Gasteiger partial charge in [-0.05, 0) is 61.7 Å². The van der Waals surface area contributed by atoms with Crippen molar-refractivity contribution >= 4 is 23.1 Å². The van der Waals surface area contributed by atoms with Gasteiger partial charge in [-0.15, -0.1) is 0 Å². The van der Waals surface area contributed by atoms with Crippen LogP contribution in [0.4, 0.5) is 21.9 Å². The lowest BCUT2D eigenvalue weighted by molar-refractivity contribution is 0.208. The van der Waals surface area contributed by atoms with Gasteiger partial charge in [-0.1, -0.05) is 6.07 Å². The zero-order chi connectivity index (χ0) is 20.1. The predicted molar refractivity (Wildman–Crippen MR) is 116 cm³/mol. The van der Waals surface area contributed by atoms with Gasteiger partial charge in [0.1, 0.15) is 0 Å². The molecule has 1 N–H and O–H groups in total. The zero-order valence-electron chi connectivity index (χ0n) is 16.7. The van der Waals surface area contributed by atoms with Crippen molar-refractivity contribution < 1.29 is 4.79 Å². The second-order valence-corrected chi connectivity index (χ2v) is 7.66. The van der Waals surface area contributed by atoms with Gasteiger partial charge in [-0.25, -0.2) is 4.79 Å². The Morgan fingerprint density at radius 1 is 0.828 bits per heavy atom. The van der Waals surface area contributed by atoms with Crippen molar-refractivity contribution in [3.63, 3.8) is 0 Å². The van der Waals surface area contributed by atoms with Crippen LogP contribution < -0.4 is 15.1 Å². The van der Waals surface area contributed by atoms with Crippen LogP contribution in [0.25, 0.3) is 0 Å². The first kappa shape index (κ1) is 19.1. The van der Waals surface area contributed by atoms with E-state index in [2.05, 4.69) is 45.5 Å². The highest BCUT2D eigenvalue weighted by atomic mass is 16.2. The standard InChI is InChI=1S/C23H27N5O/c24-18-19-5-4-6-20(17-19)25-23(29)28-15-13-27(14-16-28)22-9-7-21(8-10-22)26-11-2-1-3-12-26/h4-10,17H,1-3,11-16H2,(H,25,29). The van der Waals surface area contributed by atoms with Gasteiger partial charge in [0.2, 0.25) is 0 Å². The number of hydrogen-bond donors (Lipinski definition) is 1. The van der Waals surface area contributed by atoms with Gasteiger partial charge < -0.3 is 20.0 Å². The Morgan fingerprint density at radius 2 is 1.45 bits per heavy atom. The van der Waals surface area contributed by atoms with Crippen LogP contribution >= 0.6 is 0 Å². The summed E-state index contributed by atoms with van der Waals surface area (Å²) in [5.74, 6) is 0. The Kier molecular flexibility index (Phi) is 5.85. The summed E-state index contributed by atoms with van der Waals surface area (Å²) in [7, 11) is 0. The van der Waals surface area contributed by atoms with Gasteiger partial charge in [-0.3, -0.25) is 0 Å². The molecule has 6 heteroatoms. The molecule has 0 aromatic heterocycles. The number of nitriles is 1. The minimum atomic E-state index is -0.111. The van der Waals surface area contributed by atoms with Crippen LogP contribution in [0.5, 0.6) is 0 Å². The molecule has 2 aromatic rings. The molecule has 2 heterocycles. The highest BCUT2D eigenvalue weighted by molar-refractivity contribution is 5.89. The fraction of sp³-hybridized carbons (Fsp3) is 0.391. The largest absolute Gasteiger partial charge is 0.372 e. The summed E-state index contributed by atoms with van der Waals surface area (Å²) < 4.78 is 0. The molecule has 150 valence electrons. The van der Waals surface area contributed by atoms with E-state index in [9.17, 15) is 4.79 Å². The molecule has 2 aliphatic heterocycles. The quantitative estimate of drug-likeness (QED) is 0.865. The number of amides is 2. The van der Waals surface area contributed by atoms with Gasteiger partial charge in [-0.2, -0.15) is 5.26 Å². The van der Waals surface area contributed by atoms with Crippen molar-refractivity contribution in [3.8, 4) is 6.07 Å². The summed E-state index contributed by atoms with van der Waals surface area (Å²) in [5, 5.41) is 11.9. The summed E-state index contributed by atoms with van der Waals surface area (Å²) >= 11 is 0. The molecule has 0 aliphatic carbocycles. The molecular weight excluding hydrogens is 362 g/mol. The number of carbonyl (C=O) groups excluding carboxylic acids is 1. The van der Waals surface area contributed by atoms with E-state index in [0.29, 0.717) is 24.3 Å². The number of nitrogens with zero attached hydrogens (tertiary/aromatic N) is 4. The van der Waals surface area contributed by atoms with Crippen LogP contribution in [0.15, 0.2) is 48.5 Å². The number of benzene rings is 2. The molecule has 29 heavy (non-hydrogen) atoms. The number of nitrogens with one attached hydrogen (secondary N) is 1. The molecule has 2 aliphatic rings. The summed E-state index contributed by atoms with van der Waals surface area (Å²) in [5.41, 5.74) is 3.73. The normalized spacial score (nSPS) is 17.0. The number of carbonyl (C=O) groups is 1. The van der Waals surface area contributed by atoms with Crippen LogP contribution in [-0.2, 0) is 0 Å². The Bertz CT molecular complexity index is 875. The average molecular weight is 390 g/mol. The first-order chi connectivity index (χ1) is 14.2. The van der Waals surface area contributed by atoms with Crippen molar-refractivity contribution in [1.82, 2.24) is 4.90 Å². The molecule has 0 spiro atoms. The van der Waals surface area contributed by atoms with E-state index < -0.39 is 0 Å². The SMILES string of the molecule is N#Cc1cccc(NC(=O)N2CCN(c3ccc(N4CCCCC4)cc3)CC2)c1. The third-order valence-corrected chi connectivity index (χ3v) is 5.75. The second kappa shape index (κ2) is 8.87. The Labute approximate surface area is 172 Å². The second-order valence-electron chi connectivity index (χ2n) is 7.66. The van der Waals surface area contributed by atoms with Gasteiger partial charge in [0.15, 0.2) is 0 Å². The molecule has 2 aromatic carbocycles. The van der Waals surface area contributed by atoms with Crippen LogP contribution in [0.1, 0.15) is 24.8 Å². The van der Waals surface area contributed by atoms with Crippen molar-refractivity contribution in [2.75, 3.05) is 54.4 Å². The zero-order valence-corrected chi connectivity index (χ0v) is 16.7. The number of piperazine rings is 1. The Hall–Kier alpha value is -3.20. The summed E-state index contributed by atoms with van der Waals surface area (Å²) in [6, 6.07) is 17.8. The maximum atomic E-state index is 12.5. The third-order valence-electron chi connectivity index (χ3n) is 5.75. The van der Waals surface area contributed by atoms with E-state index in [0.717, 1.165) is 26.2 Å². The maximum absolute atomic E-state index is 12.5. The first-order valence-electron chi connectivity index (χ1n) is 10.4. The Balaban J connectivity index is 1.30. The van der Waals surface area contributed by atoms with E-state index in [1.165, 1.54) is 30.6 Å². The average Bonchev–Trinajstić information content (AvgIpc) is 2.80. The first-order valence-corrected chi connectivity index (χ1v) is 10.4. The van der Waals surface area contributed by atoms with Crippen molar-refractivity contribution in [2.24, 2.45) is 0 Å². The van der Waals surface area contributed by atoms with E-state index in [1.54, 1.807) is 24.3 Å². The smallest absolute Gasteiger partial charge is 0.321 e. The lowest BCUT2D eigenvalue weighted by Gasteiger charge is -2.36. The summed E-state index contributed by atoms with van der Waals surface area (Å²) in [6.45, 7) is 5.30. The lowest BCUT2D eigenvalue weighted by atomic mass is 10.1. The molecule has 6 nitrogen and oxygen atoms in total. The number of anilines is 3. The molecule has 0 saturated carbocycles. The van der Waals surface area contributed by atoms with E-state index in [4.69, 9.17) is 5.26 Å². The molecule has 0 bridgehead atoms. The monoisotopic (exact) mass is 389 g/mol. The minimum Gasteiger partial charge on any atom is -0.372 e. The molecule has 2 amide bonds. The third kappa shape index (κ3) is 4.62. The van der Waals surface area contributed by atoms with Crippen molar-refractivity contribution in [1.29, 1.82) is 5.26 Å². The number of urea groups is 1. The highest BCUT2D eigenvalue weighted by Crippen LogP contribution is 2.24. The van der Waals surface area contributed by atoms with E-state index in [1.807, 2.05) is 4.90 Å². The molecule has 0 atom stereocenters. The van der Waals surface area contributed by atoms with Crippen LogP contribution in [0, 0.1) is 11.3 Å². The number of piperidine rings is 1. The fourth-order valence-electron chi connectivity index (χ4n) is 4.06. The molecule has 2 saturated heterocycles. The van der Waals surface area contributed by atoms with Gasteiger partial charge in [0.05, 0.1) is 11.6 Å². The minimum absolute atomic E-state index is 0.111. The van der Waals surface area contributed by atoms with Gasteiger partial charge in [0, 0.05) is 56.3 Å². The summed E-state index contributed by atoms with van der Waals surface area (Å²) in [4.78, 5) is 19.2. The molecule has 2 fully saturated rings. The molecule has 0 unspecified atom stereocenters. The lowest BCUT2D eigenvalue weighted by Crippen LogP contribution is -2.50. The van der Waals surface area contributed by atoms with Gasteiger partial charge in [0.25, 0.3) is 0 Å². The topological polar surface area (TPSA) is 62.6 Å². The van der Waals surface area contributed by atoms with Crippen LogP contribution in [-0.4, -0.2) is 50.2 Å². The van der Waals surface area contributed by atoms with Crippen molar-refractivity contribution in [2.45, 2.75) is 19.3 Å².